The molecule has 0 unspecified atom stereocenters. The summed E-state index contributed by atoms with van der Waals surface area (Å²) in [5, 5.41) is 11.4. The van der Waals surface area contributed by atoms with E-state index in [0.717, 1.165) is 35.8 Å². The molecule has 2 bridgehead atoms. The van der Waals surface area contributed by atoms with Crippen molar-refractivity contribution in [2.24, 2.45) is 17.3 Å². The molecule has 4 saturated heterocycles. The van der Waals surface area contributed by atoms with Gasteiger partial charge < -0.3 is 19.6 Å². The van der Waals surface area contributed by atoms with Gasteiger partial charge in [0.25, 0.3) is 0 Å². The zero-order valence-corrected chi connectivity index (χ0v) is 26.9. The van der Waals surface area contributed by atoms with Gasteiger partial charge in [0, 0.05) is 54.0 Å². The van der Waals surface area contributed by atoms with Gasteiger partial charge in [0.05, 0.1) is 29.8 Å². The highest BCUT2D eigenvalue weighted by atomic mass is 32.1. The van der Waals surface area contributed by atoms with Gasteiger partial charge in [-0.3, -0.25) is 9.69 Å². The number of carbonyl (C=O) groups excluding carboxylic acids is 2. The Morgan fingerprint density at radius 2 is 1.74 bits per heavy atom. The van der Waals surface area contributed by atoms with E-state index in [-0.39, 0.29) is 52.9 Å². The highest BCUT2D eigenvalue weighted by Crippen LogP contribution is 2.51. The molecule has 2 saturated carbocycles. The fourth-order valence-electron chi connectivity index (χ4n) is 7.84. The van der Waals surface area contributed by atoms with Crippen molar-refractivity contribution in [3.8, 4) is 0 Å². The molecular weight excluding hydrogens is 650 g/mol. The summed E-state index contributed by atoms with van der Waals surface area (Å²) in [5.41, 5.74) is -1.75. The van der Waals surface area contributed by atoms with Crippen LogP contribution in [0.3, 0.4) is 0 Å². The van der Waals surface area contributed by atoms with Crippen molar-refractivity contribution in [3.63, 3.8) is 0 Å². The Labute approximate surface area is 271 Å². The number of amides is 2. The number of thiophene rings is 1. The van der Waals surface area contributed by atoms with E-state index in [1.54, 1.807) is 25.7 Å². The number of anilines is 1. The summed E-state index contributed by atoms with van der Waals surface area (Å²) in [4.78, 5) is 36.0. The van der Waals surface area contributed by atoms with E-state index in [9.17, 15) is 41.0 Å². The number of carbonyl (C=O) groups is 2. The number of pyridine rings is 1. The zero-order valence-electron chi connectivity index (χ0n) is 26.1. The lowest BCUT2D eigenvalue weighted by molar-refractivity contribution is -0.161. The van der Waals surface area contributed by atoms with Crippen molar-refractivity contribution in [1.29, 1.82) is 0 Å². The summed E-state index contributed by atoms with van der Waals surface area (Å²) in [6.07, 6.45) is -6.10. The summed E-state index contributed by atoms with van der Waals surface area (Å²) >= 11 is 0.723. The van der Waals surface area contributed by atoms with Crippen LogP contribution in [-0.4, -0.2) is 88.0 Å². The third kappa shape index (κ3) is 5.95. The molecule has 1 N–H and O–H groups in total. The van der Waals surface area contributed by atoms with E-state index in [2.05, 4.69) is 4.98 Å². The Morgan fingerprint density at radius 1 is 1.06 bits per heavy atom. The number of alkyl halides is 6. The maximum absolute atomic E-state index is 14.1. The van der Waals surface area contributed by atoms with E-state index in [0.29, 0.717) is 25.0 Å². The molecule has 4 aliphatic heterocycles. The molecule has 2 aromatic heterocycles. The Morgan fingerprint density at radius 3 is 2.34 bits per heavy atom. The summed E-state index contributed by atoms with van der Waals surface area (Å²) < 4.78 is 87.2. The molecule has 2 amide bonds. The normalized spacial score (nSPS) is 28.2. The van der Waals surface area contributed by atoms with E-state index < -0.39 is 65.6 Å². The molecule has 1 spiro atoms. The molecule has 6 fully saturated rings. The van der Waals surface area contributed by atoms with Crippen molar-refractivity contribution in [2.75, 3.05) is 31.1 Å². The average Bonchev–Trinajstić information content (AvgIpc) is 3.62. The Bertz CT molecular complexity index is 1630. The SMILES string of the molecule is CC(C)(C)OC(=O)N1[C@H](C(=O)N2CC3(C2)CN(c2c(C(F)(F)F)cnc4sc(CC(F)(F)F)cc24)C3)[C@@H]2CC[C@H]1/C(=C\C1CC1)[C@H]2O. The lowest BCUT2D eigenvalue weighted by Crippen LogP contribution is -2.76. The molecule has 256 valence electrons. The summed E-state index contributed by atoms with van der Waals surface area (Å²) in [7, 11) is 0. The quantitative estimate of drug-likeness (QED) is 0.306. The van der Waals surface area contributed by atoms with Crippen LogP contribution in [0.25, 0.3) is 10.2 Å². The predicted octanol–water partition coefficient (Wildman–Crippen LogP) is 6.16. The Balaban J connectivity index is 1.10. The van der Waals surface area contributed by atoms with Crippen molar-refractivity contribution in [1.82, 2.24) is 14.8 Å². The fourth-order valence-corrected chi connectivity index (χ4v) is 8.87. The first-order chi connectivity index (χ1) is 21.8. The van der Waals surface area contributed by atoms with Gasteiger partial charge in [0.2, 0.25) is 5.91 Å². The number of aromatic nitrogens is 1. The molecule has 6 aliphatic rings. The molecule has 2 aliphatic carbocycles. The van der Waals surface area contributed by atoms with Gasteiger partial charge in [-0.05, 0) is 64.0 Å². The third-order valence-corrected chi connectivity index (χ3v) is 10.9. The van der Waals surface area contributed by atoms with E-state index >= 15 is 0 Å². The minimum Gasteiger partial charge on any atom is -0.444 e. The second-order valence-electron chi connectivity index (χ2n) is 14.8. The summed E-state index contributed by atoms with van der Waals surface area (Å²) in [5.74, 6) is -0.477. The van der Waals surface area contributed by atoms with Gasteiger partial charge in [0.1, 0.15) is 16.5 Å². The number of hydrogen-bond acceptors (Lipinski definition) is 7. The Hall–Kier alpha value is -3.07. The van der Waals surface area contributed by atoms with Gasteiger partial charge in [-0.15, -0.1) is 11.3 Å². The second kappa shape index (κ2) is 10.7. The van der Waals surface area contributed by atoms with Crippen LogP contribution in [0.2, 0.25) is 0 Å². The van der Waals surface area contributed by atoms with Gasteiger partial charge in [-0.2, -0.15) is 26.3 Å². The molecule has 2 aromatic rings. The van der Waals surface area contributed by atoms with Crippen molar-refractivity contribution >= 4 is 39.2 Å². The number of piperidine rings is 2. The Kier molecular flexibility index (Phi) is 7.40. The van der Waals surface area contributed by atoms with E-state index in [1.807, 2.05) is 6.08 Å². The summed E-state index contributed by atoms with van der Waals surface area (Å²) in [6.45, 7) is 6.08. The van der Waals surface area contributed by atoms with Crippen LogP contribution in [0.4, 0.5) is 36.8 Å². The number of aliphatic hydroxyl groups excluding tert-OH is 1. The number of fused-ring (bicyclic) bond motifs is 4. The van der Waals surface area contributed by atoms with Crippen molar-refractivity contribution in [2.45, 2.75) is 89.0 Å². The largest absolute Gasteiger partial charge is 0.444 e. The predicted molar refractivity (Wildman–Crippen MR) is 161 cm³/mol. The van der Waals surface area contributed by atoms with Crippen LogP contribution in [0.5, 0.6) is 0 Å². The standard InChI is InChI=1S/C32H36F6N4O4S/c1-29(2,3)46-28(45)42-22-7-6-18(25(43)19(22)8-16-4-5-16)24(42)27(44)41-14-30(15-41)12-40(13-30)23-20-9-17(10-31(33,34)35)47-26(20)39-11-21(23)32(36,37)38/h8-9,11,16,18,22,24-25,43H,4-7,10,12-15H2,1-3H3/b19-8+/t18-,22-,24-,25-/m0/s1. The number of nitrogens with zero attached hydrogens (tertiary/aromatic N) is 4. The number of ether oxygens (including phenoxy) is 1. The number of hydrogen-bond donors (Lipinski definition) is 1. The maximum Gasteiger partial charge on any atom is 0.419 e. The van der Waals surface area contributed by atoms with Crippen LogP contribution >= 0.6 is 11.3 Å². The molecule has 15 heteroatoms. The lowest BCUT2D eigenvalue weighted by atomic mass is 9.67. The smallest absolute Gasteiger partial charge is 0.419 e. The zero-order chi connectivity index (χ0) is 33.8. The van der Waals surface area contributed by atoms with Gasteiger partial charge >= 0.3 is 18.4 Å². The van der Waals surface area contributed by atoms with Gasteiger partial charge in [-0.25, -0.2) is 9.78 Å². The number of allylic oxidation sites excluding steroid dienone is 1. The minimum absolute atomic E-state index is 0.0291. The third-order valence-electron chi connectivity index (χ3n) is 9.85. The lowest BCUT2D eigenvalue weighted by Gasteiger charge is -2.62. The first-order valence-corrected chi connectivity index (χ1v) is 16.6. The number of rotatable bonds is 4. The number of likely N-dealkylation sites (tertiary alicyclic amines) is 1. The highest BCUT2D eigenvalue weighted by Gasteiger charge is 2.60. The van der Waals surface area contributed by atoms with E-state index in [1.165, 1.54) is 9.80 Å². The van der Waals surface area contributed by atoms with Crippen molar-refractivity contribution < 1.29 is 45.8 Å². The molecule has 8 nitrogen and oxygen atoms in total. The molecule has 4 atom stereocenters. The highest BCUT2D eigenvalue weighted by molar-refractivity contribution is 7.18. The molecule has 6 heterocycles. The first-order valence-electron chi connectivity index (χ1n) is 15.8. The molecular formula is C32H36F6N4O4S. The summed E-state index contributed by atoms with van der Waals surface area (Å²) in [6, 6.07) is -0.248. The van der Waals surface area contributed by atoms with Crippen LogP contribution in [-0.2, 0) is 22.1 Å². The second-order valence-corrected chi connectivity index (χ2v) is 15.9. The van der Waals surface area contributed by atoms with Gasteiger partial charge in [-0.1, -0.05) is 6.08 Å². The fraction of sp³-hybridized carbons (Fsp3) is 0.656. The number of aliphatic hydroxyl groups is 1. The topological polar surface area (TPSA) is 86.2 Å². The maximum atomic E-state index is 14.1. The average molecular weight is 687 g/mol. The minimum atomic E-state index is -4.77. The molecule has 0 radical (unpaired) electrons. The number of halogens is 6. The first kappa shape index (κ1) is 32.5. The molecule has 8 rings (SSSR count). The monoisotopic (exact) mass is 686 g/mol. The van der Waals surface area contributed by atoms with Crippen LogP contribution < -0.4 is 4.90 Å². The van der Waals surface area contributed by atoms with E-state index in [4.69, 9.17) is 4.74 Å². The van der Waals surface area contributed by atoms with Crippen LogP contribution in [0.15, 0.2) is 23.9 Å². The molecule has 0 aromatic carbocycles. The van der Waals surface area contributed by atoms with Crippen molar-refractivity contribution in [3.05, 3.63) is 34.4 Å². The van der Waals surface area contributed by atoms with Gasteiger partial charge in [0.15, 0.2) is 0 Å². The molecule has 47 heavy (non-hydrogen) atoms. The van der Waals surface area contributed by atoms with Crippen LogP contribution in [0, 0.1) is 17.3 Å². The van der Waals surface area contributed by atoms with Crippen LogP contribution in [0.1, 0.15) is 56.9 Å².